The Morgan fingerprint density at radius 3 is 2.62 bits per heavy atom. The van der Waals surface area contributed by atoms with E-state index in [2.05, 4.69) is 11.4 Å². The zero-order valence-corrected chi connectivity index (χ0v) is 13.2. The predicted molar refractivity (Wildman–Crippen MR) is 90.6 cm³/mol. The molecule has 124 valence electrons. The second kappa shape index (κ2) is 7.17. The van der Waals surface area contributed by atoms with E-state index < -0.39 is 5.97 Å². The van der Waals surface area contributed by atoms with E-state index in [1.165, 1.54) is 36.1 Å². The van der Waals surface area contributed by atoms with Crippen LogP contribution in [-0.4, -0.2) is 23.6 Å². The van der Waals surface area contributed by atoms with Gasteiger partial charge < -0.3 is 15.2 Å². The van der Waals surface area contributed by atoms with Crippen LogP contribution >= 0.6 is 0 Å². The standard InChI is InChI=1S/C19H19NO4/c21-18(20-16-7-3-6-15(10-16)19(22)23)12-24-17-9-8-13-4-1-2-5-14(13)11-17/h3,6-11H,1-2,4-5,12H2,(H,20,21)(H,22,23). The lowest BCUT2D eigenvalue weighted by atomic mass is 9.92. The second-order valence-corrected chi connectivity index (χ2v) is 5.86. The van der Waals surface area contributed by atoms with Crippen molar-refractivity contribution in [1.29, 1.82) is 0 Å². The number of ether oxygens (including phenoxy) is 1. The van der Waals surface area contributed by atoms with Gasteiger partial charge in [-0.1, -0.05) is 12.1 Å². The highest BCUT2D eigenvalue weighted by Gasteiger charge is 2.11. The summed E-state index contributed by atoms with van der Waals surface area (Å²) in [6.45, 7) is -0.115. The molecule has 2 aromatic rings. The summed E-state index contributed by atoms with van der Waals surface area (Å²) >= 11 is 0. The average Bonchev–Trinajstić information content (AvgIpc) is 2.60. The Bertz CT molecular complexity index is 770. The number of rotatable bonds is 5. The molecule has 0 spiro atoms. The first-order valence-electron chi connectivity index (χ1n) is 7.99. The maximum absolute atomic E-state index is 12.0. The summed E-state index contributed by atoms with van der Waals surface area (Å²) in [5, 5.41) is 11.6. The van der Waals surface area contributed by atoms with Crippen molar-refractivity contribution >= 4 is 17.6 Å². The fourth-order valence-corrected chi connectivity index (χ4v) is 2.88. The maximum atomic E-state index is 12.0. The number of aryl methyl sites for hydroxylation is 2. The van der Waals surface area contributed by atoms with Crippen molar-refractivity contribution in [3.63, 3.8) is 0 Å². The lowest BCUT2D eigenvalue weighted by Crippen LogP contribution is -2.20. The zero-order chi connectivity index (χ0) is 16.9. The van der Waals surface area contributed by atoms with E-state index in [1.54, 1.807) is 12.1 Å². The third kappa shape index (κ3) is 3.93. The molecule has 5 nitrogen and oxygen atoms in total. The van der Waals surface area contributed by atoms with Crippen molar-refractivity contribution in [3.05, 3.63) is 59.2 Å². The molecule has 0 atom stereocenters. The van der Waals surface area contributed by atoms with E-state index in [1.807, 2.05) is 12.1 Å². The number of hydrogen-bond donors (Lipinski definition) is 2. The van der Waals surface area contributed by atoms with Gasteiger partial charge in [0.25, 0.3) is 5.91 Å². The van der Waals surface area contributed by atoms with Crippen molar-refractivity contribution in [2.75, 3.05) is 11.9 Å². The summed E-state index contributed by atoms with van der Waals surface area (Å²) in [7, 11) is 0. The van der Waals surface area contributed by atoms with E-state index in [0.29, 0.717) is 11.4 Å². The Morgan fingerprint density at radius 1 is 1.04 bits per heavy atom. The number of carbonyl (C=O) groups is 2. The van der Waals surface area contributed by atoms with Crippen LogP contribution in [-0.2, 0) is 17.6 Å². The van der Waals surface area contributed by atoms with E-state index in [4.69, 9.17) is 9.84 Å². The zero-order valence-electron chi connectivity index (χ0n) is 13.2. The van der Waals surface area contributed by atoms with Gasteiger partial charge in [-0.05, 0) is 67.1 Å². The van der Waals surface area contributed by atoms with Crippen LogP contribution in [0.25, 0.3) is 0 Å². The minimum absolute atomic E-state index is 0.115. The predicted octanol–water partition coefficient (Wildman–Crippen LogP) is 3.28. The van der Waals surface area contributed by atoms with Gasteiger partial charge in [0.1, 0.15) is 5.75 Å². The Balaban J connectivity index is 1.57. The average molecular weight is 325 g/mol. The normalized spacial score (nSPS) is 13.0. The molecule has 0 fully saturated rings. The number of carboxylic acid groups (broad SMARTS) is 1. The van der Waals surface area contributed by atoms with Crippen LogP contribution in [0.3, 0.4) is 0 Å². The highest BCUT2D eigenvalue weighted by molar-refractivity contribution is 5.94. The molecule has 0 radical (unpaired) electrons. The molecule has 2 aromatic carbocycles. The van der Waals surface area contributed by atoms with Crippen LogP contribution in [0.15, 0.2) is 42.5 Å². The van der Waals surface area contributed by atoms with Gasteiger partial charge >= 0.3 is 5.97 Å². The van der Waals surface area contributed by atoms with Crippen molar-refractivity contribution in [1.82, 2.24) is 0 Å². The van der Waals surface area contributed by atoms with Crippen LogP contribution < -0.4 is 10.1 Å². The van der Waals surface area contributed by atoms with Crippen molar-refractivity contribution in [2.45, 2.75) is 25.7 Å². The molecule has 0 aliphatic heterocycles. The Morgan fingerprint density at radius 2 is 1.83 bits per heavy atom. The summed E-state index contributed by atoms with van der Waals surface area (Å²) in [4.78, 5) is 22.9. The fourth-order valence-electron chi connectivity index (χ4n) is 2.88. The van der Waals surface area contributed by atoms with Gasteiger partial charge in [0, 0.05) is 5.69 Å². The number of amides is 1. The number of hydrogen-bond acceptors (Lipinski definition) is 3. The topological polar surface area (TPSA) is 75.6 Å². The lowest BCUT2D eigenvalue weighted by Gasteiger charge is -2.16. The molecule has 0 saturated heterocycles. The molecular weight excluding hydrogens is 306 g/mol. The third-order valence-electron chi connectivity index (χ3n) is 4.08. The van der Waals surface area contributed by atoms with Crippen LogP contribution in [0.5, 0.6) is 5.75 Å². The molecule has 1 amide bonds. The van der Waals surface area contributed by atoms with Gasteiger partial charge in [-0.3, -0.25) is 4.79 Å². The molecule has 0 bridgehead atoms. The number of carboxylic acids is 1. The number of carbonyl (C=O) groups excluding carboxylic acids is 1. The molecule has 0 unspecified atom stereocenters. The Kier molecular flexibility index (Phi) is 4.79. The van der Waals surface area contributed by atoms with Crippen molar-refractivity contribution in [2.24, 2.45) is 0 Å². The van der Waals surface area contributed by atoms with Crippen LogP contribution in [0, 0.1) is 0 Å². The molecule has 0 heterocycles. The molecular formula is C19H19NO4. The van der Waals surface area contributed by atoms with E-state index >= 15 is 0 Å². The second-order valence-electron chi connectivity index (χ2n) is 5.86. The summed E-state index contributed by atoms with van der Waals surface area (Å²) in [6, 6.07) is 12.1. The largest absolute Gasteiger partial charge is 0.484 e. The Labute approximate surface area is 140 Å². The van der Waals surface area contributed by atoms with Crippen LogP contribution in [0.2, 0.25) is 0 Å². The molecule has 2 N–H and O–H groups in total. The van der Waals surface area contributed by atoms with Gasteiger partial charge in [-0.2, -0.15) is 0 Å². The number of anilines is 1. The fraction of sp³-hybridized carbons (Fsp3) is 0.263. The summed E-state index contributed by atoms with van der Waals surface area (Å²) in [6.07, 6.45) is 4.58. The number of fused-ring (bicyclic) bond motifs is 1. The number of aromatic carboxylic acids is 1. The van der Waals surface area contributed by atoms with Crippen molar-refractivity contribution in [3.8, 4) is 5.75 Å². The summed E-state index contributed by atoms with van der Waals surface area (Å²) in [5.74, 6) is -0.670. The van der Waals surface area contributed by atoms with Gasteiger partial charge in [0.2, 0.25) is 0 Å². The minimum atomic E-state index is -1.03. The van der Waals surface area contributed by atoms with Gasteiger partial charge in [0.05, 0.1) is 5.56 Å². The lowest BCUT2D eigenvalue weighted by molar-refractivity contribution is -0.118. The van der Waals surface area contributed by atoms with E-state index in [9.17, 15) is 9.59 Å². The summed E-state index contributed by atoms with van der Waals surface area (Å²) < 4.78 is 5.56. The van der Waals surface area contributed by atoms with Gasteiger partial charge in [-0.25, -0.2) is 4.79 Å². The first kappa shape index (κ1) is 16.1. The number of benzene rings is 2. The Hall–Kier alpha value is -2.82. The molecule has 0 saturated carbocycles. The minimum Gasteiger partial charge on any atom is -0.484 e. The highest BCUT2D eigenvalue weighted by Crippen LogP contribution is 2.25. The molecule has 1 aliphatic carbocycles. The van der Waals surface area contributed by atoms with Crippen LogP contribution in [0.4, 0.5) is 5.69 Å². The van der Waals surface area contributed by atoms with Crippen molar-refractivity contribution < 1.29 is 19.4 Å². The smallest absolute Gasteiger partial charge is 0.335 e. The molecule has 1 aliphatic rings. The first-order valence-corrected chi connectivity index (χ1v) is 7.99. The van der Waals surface area contributed by atoms with Crippen LogP contribution in [0.1, 0.15) is 34.3 Å². The van der Waals surface area contributed by atoms with E-state index in [0.717, 1.165) is 12.8 Å². The highest BCUT2D eigenvalue weighted by atomic mass is 16.5. The summed E-state index contributed by atoms with van der Waals surface area (Å²) in [5.41, 5.74) is 3.23. The van der Waals surface area contributed by atoms with E-state index in [-0.39, 0.29) is 18.1 Å². The first-order chi connectivity index (χ1) is 11.6. The molecule has 24 heavy (non-hydrogen) atoms. The quantitative estimate of drug-likeness (QED) is 0.884. The SMILES string of the molecule is O=C(COc1ccc2c(c1)CCCC2)Nc1cccc(C(=O)O)c1. The third-order valence-corrected chi connectivity index (χ3v) is 4.08. The van der Waals surface area contributed by atoms with Gasteiger partial charge in [0.15, 0.2) is 6.61 Å². The van der Waals surface area contributed by atoms with Gasteiger partial charge in [-0.15, -0.1) is 0 Å². The monoisotopic (exact) mass is 325 g/mol. The molecule has 5 heteroatoms. The molecule has 3 rings (SSSR count). The number of nitrogens with one attached hydrogen (secondary N) is 1. The maximum Gasteiger partial charge on any atom is 0.335 e. The molecule has 0 aromatic heterocycles.